The SMILES string of the molecule is CC(CNC(C)C)CN1CCC(N2CCCC2)C1. The van der Waals surface area contributed by atoms with Gasteiger partial charge in [0.05, 0.1) is 0 Å². The molecule has 0 bridgehead atoms. The number of nitrogens with zero attached hydrogens (tertiary/aromatic N) is 2. The lowest BCUT2D eigenvalue weighted by Crippen LogP contribution is -2.38. The van der Waals surface area contributed by atoms with Crippen molar-refractivity contribution < 1.29 is 0 Å². The van der Waals surface area contributed by atoms with Gasteiger partial charge in [-0.05, 0) is 51.4 Å². The highest BCUT2D eigenvalue weighted by molar-refractivity contribution is 4.86. The normalized spacial score (nSPS) is 28.3. The van der Waals surface area contributed by atoms with Gasteiger partial charge in [-0.3, -0.25) is 4.90 Å². The Balaban J connectivity index is 1.65. The minimum atomic E-state index is 0.614. The van der Waals surface area contributed by atoms with Gasteiger partial charge in [0.15, 0.2) is 0 Å². The zero-order valence-corrected chi connectivity index (χ0v) is 12.5. The van der Waals surface area contributed by atoms with Crippen molar-refractivity contribution in [1.29, 1.82) is 0 Å². The van der Waals surface area contributed by atoms with E-state index in [1.165, 1.54) is 52.0 Å². The molecule has 2 atom stereocenters. The maximum atomic E-state index is 3.55. The lowest BCUT2D eigenvalue weighted by atomic mass is 10.1. The Morgan fingerprint density at radius 1 is 1.11 bits per heavy atom. The Morgan fingerprint density at radius 3 is 2.50 bits per heavy atom. The number of nitrogens with one attached hydrogen (secondary N) is 1. The van der Waals surface area contributed by atoms with Gasteiger partial charge in [-0.2, -0.15) is 0 Å². The van der Waals surface area contributed by atoms with Crippen LogP contribution in [-0.2, 0) is 0 Å². The van der Waals surface area contributed by atoms with E-state index in [2.05, 4.69) is 35.9 Å². The molecule has 2 rings (SSSR count). The predicted molar refractivity (Wildman–Crippen MR) is 78.0 cm³/mol. The van der Waals surface area contributed by atoms with E-state index in [-0.39, 0.29) is 0 Å². The van der Waals surface area contributed by atoms with Gasteiger partial charge in [0.25, 0.3) is 0 Å². The van der Waals surface area contributed by atoms with E-state index in [0.717, 1.165) is 18.5 Å². The monoisotopic (exact) mass is 253 g/mol. The van der Waals surface area contributed by atoms with Crippen molar-refractivity contribution in [3.8, 4) is 0 Å². The number of hydrogen-bond donors (Lipinski definition) is 1. The molecule has 18 heavy (non-hydrogen) atoms. The molecule has 2 heterocycles. The molecule has 0 amide bonds. The van der Waals surface area contributed by atoms with Crippen LogP contribution in [0.25, 0.3) is 0 Å². The van der Waals surface area contributed by atoms with Gasteiger partial charge >= 0.3 is 0 Å². The van der Waals surface area contributed by atoms with Crippen LogP contribution in [0.3, 0.4) is 0 Å². The molecule has 2 aliphatic rings. The summed E-state index contributed by atoms with van der Waals surface area (Å²) in [7, 11) is 0. The third-order valence-corrected chi connectivity index (χ3v) is 4.35. The van der Waals surface area contributed by atoms with Crippen LogP contribution >= 0.6 is 0 Å². The lowest BCUT2D eigenvalue weighted by Gasteiger charge is -2.25. The summed E-state index contributed by atoms with van der Waals surface area (Å²) in [5, 5.41) is 3.55. The van der Waals surface area contributed by atoms with Gasteiger partial charge < -0.3 is 10.2 Å². The second kappa shape index (κ2) is 6.88. The van der Waals surface area contributed by atoms with Crippen molar-refractivity contribution in [2.24, 2.45) is 5.92 Å². The van der Waals surface area contributed by atoms with Crippen molar-refractivity contribution in [3.63, 3.8) is 0 Å². The highest BCUT2D eigenvalue weighted by Gasteiger charge is 2.29. The van der Waals surface area contributed by atoms with E-state index >= 15 is 0 Å². The summed E-state index contributed by atoms with van der Waals surface area (Å²) in [6.07, 6.45) is 4.24. The molecule has 1 N–H and O–H groups in total. The molecule has 3 nitrogen and oxygen atoms in total. The largest absolute Gasteiger partial charge is 0.314 e. The first-order valence-corrected chi connectivity index (χ1v) is 7.85. The summed E-state index contributed by atoms with van der Waals surface area (Å²) in [6, 6.07) is 1.47. The molecule has 2 aliphatic heterocycles. The fourth-order valence-electron chi connectivity index (χ4n) is 3.33. The average molecular weight is 253 g/mol. The third kappa shape index (κ3) is 4.22. The predicted octanol–water partition coefficient (Wildman–Crippen LogP) is 1.79. The Kier molecular flexibility index (Phi) is 5.46. The third-order valence-electron chi connectivity index (χ3n) is 4.35. The quantitative estimate of drug-likeness (QED) is 0.778. The van der Waals surface area contributed by atoms with Crippen LogP contribution in [0.2, 0.25) is 0 Å². The molecule has 0 aromatic heterocycles. The van der Waals surface area contributed by atoms with E-state index in [1.54, 1.807) is 0 Å². The van der Waals surface area contributed by atoms with Crippen molar-refractivity contribution in [3.05, 3.63) is 0 Å². The Labute approximate surface area is 113 Å². The number of likely N-dealkylation sites (tertiary alicyclic amines) is 2. The number of rotatable bonds is 6. The smallest absolute Gasteiger partial charge is 0.0235 e. The topological polar surface area (TPSA) is 18.5 Å². The lowest BCUT2D eigenvalue weighted by molar-refractivity contribution is 0.219. The first-order valence-electron chi connectivity index (χ1n) is 7.85. The Hall–Kier alpha value is -0.120. The zero-order chi connectivity index (χ0) is 13.0. The van der Waals surface area contributed by atoms with Crippen molar-refractivity contribution >= 4 is 0 Å². The van der Waals surface area contributed by atoms with Gasteiger partial charge in [-0.1, -0.05) is 20.8 Å². The molecule has 106 valence electrons. The first-order chi connectivity index (χ1) is 8.65. The molecule has 0 aliphatic carbocycles. The fourth-order valence-corrected chi connectivity index (χ4v) is 3.33. The molecular weight excluding hydrogens is 222 g/mol. The van der Waals surface area contributed by atoms with Gasteiger partial charge in [0.2, 0.25) is 0 Å². The summed E-state index contributed by atoms with van der Waals surface area (Å²) in [5.41, 5.74) is 0. The van der Waals surface area contributed by atoms with Crippen LogP contribution in [0.1, 0.15) is 40.0 Å². The summed E-state index contributed by atoms with van der Waals surface area (Å²) in [4.78, 5) is 5.40. The van der Waals surface area contributed by atoms with Crippen LogP contribution in [0.4, 0.5) is 0 Å². The van der Waals surface area contributed by atoms with Gasteiger partial charge in [0.1, 0.15) is 0 Å². The van der Waals surface area contributed by atoms with Gasteiger partial charge in [-0.15, -0.1) is 0 Å². The molecular formula is C15H31N3. The minimum absolute atomic E-state index is 0.614. The molecule has 0 aromatic carbocycles. The highest BCUT2D eigenvalue weighted by atomic mass is 15.3. The zero-order valence-electron chi connectivity index (χ0n) is 12.5. The van der Waals surface area contributed by atoms with E-state index in [0.29, 0.717) is 6.04 Å². The van der Waals surface area contributed by atoms with E-state index in [9.17, 15) is 0 Å². The van der Waals surface area contributed by atoms with E-state index in [4.69, 9.17) is 0 Å². The molecule has 0 aromatic rings. The second-order valence-electron chi connectivity index (χ2n) is 6.61. The molecule has 3 heteroatoms. The van der Waals surface area contributed by atoms with Crippen LogP contribution in [0.5, 0.6) is 0 Å². The number of hydrogen-bond acceptors (Lipinski definition) is 3. The maximum Gasteiger partial charge on any atom is 0.0235 e. The van der Waals surface area contributed by atoms with Gasteiger partial charge in [-0.25, -0.2) is 0 Å². The molecule has 2 unspecified atom stereocenters. The molecule has 0 radical (unpaired) electrons. The van der Waals surface area contributed by atoms with Crippen LogP contribution in [0, 0.1) is 5.92 Å². The van der Waals surface area contributed by atoms with Crippen LogP contribution < -0.4 is 5.32 Å². The summed E-state index contributed by atoms with van der Waals surface area (Å²) in [6.45, 7) is 14.6. The average Bonchev–Trinajstić information content (AvgIpc) is 2.95. The molecule has 2 fully saturated rings. The van der Waals surface area contributed by atoms with Crippen molar-refractivity contribution in [1.82, 2.24) is 15.1 Å². The van der Waals surface area contributed by atoms with Gasteiger partial charge in [0, 0.05) is 25.2 Å². The summed E-state index contributed by atoms with van der Waals surface area (Å²) in [5.74, 6) is 0.768. The molecule has 0 spiro atoms. The standard InChI is InChI=1S/C15H31N3/c1-13(2)16-10-14(3)11-17-9-6-15(12-17)18-7-4-5-8-18/h13-16H,4-12H2,1-3H3. The second-order valence-corrected chi connectivity index (χ2v) is 6.61. The van der Waals surface area contributed by atoms with E-state index < -0.39 is 0 Å². The van der Waals surface area contributed by atoms with Crippen molar-refractivity contribution in [2.45, 2.75) is 52.1 Å². The molecule has 2 saturated heterocycles. The van der Waals surface area contributed by atoms with E-state index in [1.807, 2.05) is 0 Å². The minimum Gasteiger partial charge on any atom is -0.314 e. The first kappa shape index (κ1) is 14.3. The van der Waals surface area contributed by atoms with Crippen molar-refractivity contribution in [2.75, 3.05) is 39.3 Å². The Morgan fingerprint density at radius 2 is 1.83 bits per heavy atom. The fraction of sp³-hybridized carbons (Fsp3) is 1.00. The Bertz CT molecular complexity index is 236. The van der Waals surface area contributed by atoms with Crippen LogP contribution in [-0.4, -0.2) is 61.2 Å². The molecule has 0 saturated carbocycles. The highest BCUT2D eigenvalue weighted by Crippen LogP contribution is 2.20. The maximum absolute atomic E-state index is 3.55. The summed E-state index contributed by atoms with van der Waals surface area (Å²) >= 11 is 0. The summed E-state index contributed by atoms with van der Waals surface area (Å²) < 4.78 is 0. The van der Waals surface area contributed by atoms with Crippen LogP contribution in [0.15, 0.2) is 0 Å².